The van der Waals surface area contributed by atoms with E-state index in [4.69, 9.17) is 0 Å². The zero-order valence-corrected chi connectivity index (χ0v) is 6.45. The molecule has 0 saturated heterocycles. The maximum atomic E-state index is 0. The molecular weight excluding hydrogens is 261 g/mol. The summed E-state index contributed by atoms with van der Waals surface area (Å²) in [7, 11) is 0. The molecule has 0 spiro atoms. The van der Waals surface area contributed by atoms with Crippen molar-refractivity contribution < 1.29 is 30.4 Å². The van der Waals surface area contributed by atoms with Gasteiger partial charge in [0.15, 0.2) is 0 Å². The predicted molar refractivity (Wildman–Crippen MR) is 15.8 cm³/mol. The molecule has 0 saturated carbocycles. The second kappa shape index (κ2) is 27.1. The van der Waals surface area contributed by atoms with Gasteiger partial charge in [-0.3, -0.25) is 0 Å². The van der Waals surface area contributed by atoms with Gasteiger partial charge < -0.3 is 11.0 Å². The molecule has 0 atom stereocenters. The molecule has 0 fully saturated rings. The third-order valence-electron chi connectivity index (χ3n) is 0. The molecule has 0 heterocycles. The molecule has 0 bridgehead atoms. The third kappa shape index (κ3) is 10.2. The molecule has 0 aliphatic rings. The van der Waals surface area contributed by atoms with Gasteiger partial charge in [-0.15, -0.1) is 0 Å². The summed E-state index contributed by atoms with van der Waals surface area (Å²) in [5.74, 6) is 0. The van der Waals surface area contributed by atoms with Crippen LogP contribution in [0.1, 0.15) is 0 Å². The van der Waals surface area contributed by atoms with Gasteiger partial charge in [0, 0.05) is 19.5 Å². The molecule has 0 aromatic heterocycles. The fourth-order valence-corrected chi connectivity index (χ4v) is 0. The summed E-state index contributed by atoms with van der Waals surface area (Å²) >= 11 is 0. The molecule has 4 heavy (non-hydrogen) atoms. The predicted octanol–water partition coefficient (Wildman–Crippen LogP) is -2.57. The van der Waals surface area contributed by atoms with Crippen LogP contribution in [0.5, 0.6) is 0 Å². The van der Waals surface area contributed by atoms with Gasteiger partial charge in [-0.05, 0) is 0 Å². The van der Waals surface area contributed by atoms with Gasteiger partial charge in [-0.25, -0.2) is 0 Å². The minimum absolute atomic E-state index is 0. The van der Waals surface area contributed by atoms with E-state index in [1.807, 2.05) is 0 Å². The molecule has 0 aliphatic heterocycles. The Kier molecular flexibility index (Phi) is 382. The molecule has 0 unspecified atom stereocenters. The van der Waals surface area contributed by atoms with E-state index in [9.17, 15) is 0 Å². The van der Waals surface area contributed by atoms with Crippen molar-refractivity contribution in [2.75, 3.05) is 0 Å². The summed E-state index contributed by atoms with van der Waals surface area (Å²) in [4.78, 5) is 0. The average Bonchev–Trinajstić information content (AvgIpc) is 0. The first-order valence-corrected chi connectivity index (χ1v) is 0. The first-order chi connectivity index (χ1) is 0. The van der Waals surface area contributed by atoms with Crippen LogP contribution in [-0.4, -0.2) is 34.6 Å². The second-order valence-corrected chi connectivity index (χ2v) is 0. The topological polar surface area (TPSA) is 63.0 Å². The Morgan fingerprint density at radius 3 is 0.750 bits per heavy atom. The van der Waals surface area contributed by atoms with E-state index in [1.54, 1.807) is 0 Å². The summed E-state index contributed by atoms with van der Waals surface area (Å²) < 4.78 is 0. The van der Waals surface area contributed by atoms with E-state index < -0.39 is 0 Å². The minimum atomic E-state index is 0. The fraction of sp³-hybridized carbons (Fsp3) is 0. The molecule has 4 heteroatoms. The second-order valence-electron chi connectivity index (χ2n) is 0. The van der Waals surface area contributed by atoms with Crippen molar-refractivity contribution in [3.8, 4) is 0 Å². The van der Waals surface area contributed by atoms with E-state index in [-0.39, 0.29) is 54.1 Å². The van der Waals surface area contributed by atoms with Crippen molar-refractivity contribution >= 4 is 23.7 Å². The Labute approximate surface area is 54.1 Å². The first kappa shape index (κ1) is 56.3. The van der Waals surface area contributed by atoms with Gasteiger partial charge >= 0.3 is 23.7 Å². The summed E-state index contributed by atoms with van der Waals surface area (Å²) in [6.07, 6.45) is 0. The van der Waals surface area contributed by atoms with Crippen molar-refractivity contribution in [3.63, 3.8) is 0 Å². The van der Waals surface area contributed by atoms with Crippen molar-refractivity contribution in [2.24, 2.45) is 0 Å². The van der Waals surface area contributed by atoms with E-state index in [1.165, 1.54) is 0 Å². The Hall–Kier alpha value is 1.33. The van der Waals surface area contributed by atoms with E-state index >= 15 is 0 Å². The van der Waals surface area contributed by atoms with Gasteiger partial charge in [-0.1, -0.05) is 0 Å². The zero-order chi connectivity index (χ0) is 0. The quantitative estimate of drug-likeness (QED) is 0.433. The van der Waals surface area contributed by atoms with Crippen molar-refractivity contribution in [2.45, 2.75) is 0 Å². The zero-order valence-electron chi connectivity index (χ0n) is 1.85. The average molecular weight is 267 g/mol. The summed E-state index contributed by atoms with van der Waals surface area (Å²) in [6, 6.07) is 0. The van der Waals surface area contributed by atoms with Gasteiger partial charge in [0.1, 0.15) is 0 Å². The molecular formula is H6O2RuTe. The van der Waals surface area contributed by atoms with Crippen LogP contribution in [0.4, 0.5) is 0 Å². The van der Waals surface area contributed by atoms with Crippen LogP contribution in [0.2, 0.25) is 0 Å². The number of rotatable bonds is 0. The Morgan fingerprint density at radius 1 is 0.750 bits per heavy atom. The normalized spacial score (nSPS) is 0. The number of hydrogen-bond donors (Lipinski definition) is 0. The molecule has 0 amide bonds. The van der Waals surface area contributed by atoms with Crippen LogP contribution in [0.25, 0.3) is 0 Å². The monoisotopic (exact) mass is 270 g/mol. The molecule has 0 rings (SSSR count). The molecule has 0 aliphatic carbocycles. The fourth-order valence-electron chi connectivity index (χ4n) is 0. The van der Waals surface area contributed by atoms with Gasteiger partial charge in [0.05, 0.1) is 0 Å². The molecule has 0 aromatic carbocycles. The Balaban J connectivity index is 0. The van der Waals surface area contributed by atoms with E-state index in [0.29, 0.717) is 0 Å². The summed E-state index contributed by atoms with van der Waals surface area (Å²) in [5.41, 5.74) is 0. The maximum absolute atomic E-state index is 0. The van der Waals surface area contributed by atoms with Gasteiger partial charge in [-0.2, -0.15) is 0 Å². The van der Waals surface area contributed by atoms with E-state index in [0.717, 1.165) is 0 Å². The van der Waals surface area contributed by atoms with Gasteiger partial charge in [0.2, 0.25) is 0 Å². The SMILES string of the molecule is O.O.[Ru].[TeH2]. The Bertz CT molecular complexity index is 6.00. The molecule has 4 N–H and O–H groups in total. The molecule has 32 valence electrons. The molecule has 2 nitrogen and oxygen atoms in total. The standard InChI is InChI=1S/2H2O.Ru.H2Te/h2*1H2;;1H2. The summed E-state index contributed by atoms with van der Waals surface area (Å²) in [6.45, 7) is 0. The van der Waals surface area contributed by atoms with Gasteiger partial charge in [0.25, 0.3) is 0 Å². The van der Waals surface area contributed by atoms with Crippen LogP contribution in [-0.2, 0) is 19.5 Å². The van der Waals surface area contributed by atoms with Crippen LogP contribution in [0, 0.1) is 0 Å². The van der Waals surface area contributed by atoms with E-state index in [2.05, 4.69) is 0 Å². The van der Waals surface area contributed by atoms with Crippen LogP contribution in [0.15, 0.2) is 0 Å². The van der Waals surface area contributed by atoms with Crippen LogP contribution in [0.3, 0.4) is 0 Å². The van der Waals surface area contributed by atoms with Crippen LogP contribution < -0.4 is 0 Å². The van der Waals surface area contributed by atoms with Crippen molar-refractivity contribution in [3.05, 3.63) is 0 Å². The number of hydrogen-bond acceptors (Lipinski definition) is 0. The Morgan fingerprint density at radius 2 is 0.750 bits per heavy atom. The molecule has 0 radical (unpaired) electrons. The van der Waals surface area contributed by atoms with Crippen LogP contribution >= 0.6 is 0 Å². The van der Waals surface area contributed by atoms with Crippen molar-refractivity contribution in [1.82, 2.24) is 0 Å². The van der Waals surface area contributed by atoms with Crippen molar-refractivity contribution in [1.29, 1.82) is 0 Å². The first-order valence-electron chi connectivity index (χ1n) is 0. The summed E-state index contributed by atoms with van der Waals surface area (Å²) in [5, 5.41) is 0. The third-order valence-corrected chi connectivity index (χ3v) is 0. The molecule has 0 aromatic rings.